The molecule has 0 heterocycles. The molecule has 2 aromatic rings. The maximum absolute atomic E-state index is 5.96. The van der Waals surface area contributed by atoms with Crippen LogP contribution in [0.25, 0.3) is 0 Å². The third kappa shape index (κ3) is 3.48. The summed E-state index contributed by atoms with van der Waals surface area (Å²) < 4.78 is 6.68. The Balaban J connectivity index is 2.24. The summed E-state index contributed by atoms with van der Waals surface area (Å²) in [6.07, 6.45) is 0.996. The summed E-state index contributed by atoms with van der Waals surface area (Å²) in [6.45, 7) is 2.12. The molecule has 0 aromatic heterocycles. The van der Waals surface area contributed by atoms with Crippen molar-refractivity contribution in [2.24, 2.45) is 0 Å². The molecular formula is C14H12BrClO. The lowest BCUT2D eigenvalue weighted by atomic mass is 10.2. The van der Waals surface area contributed by atoms with E-state index in [4.69, 9.17) is 16.3 Å². The molecular weight excluding hydrogens is 300 g/mol. The molecule has 0 atom stereocenters. The smallest absolute Gasteiger partial charge is 0.130 e. The number of aryl methyl sites for hydroxylation is 1. The maximum Gasteiger partial charge on any atom is 0.130 e. The van der Waals surface area contributed by atoms with Crippen molar-refractivity contribution in [2.75, 3.05) is 0 Å². The van der Waals surface area contributed by atoms with E-state index in [-0.39, 0.29) is 0 Å². The van der Waals surface area contributed by atoms with Crippen LogP contribution in [0.4, 0.5) is 0 Å². The molecule has 0 saturated heterocycles. The van der Waals surface area contributed by atoms with Gasteiger partial charge in [0.15, 0.2) is 0 Å². The molecule has 0 radical (unpaired) electrons. The lowest BCUT2D eigenvalue weighted by Gasteiger charge is -2.07. The van der Waals surface area contributed by atoms with Crippen molar-refractivity contribution in [1.29, 1.82) is 0 Å². The van der Waals surface area contributed by atoms with Gasteiger partial charge in [-0.25, -0.2) is 0 Å². The van der Waals surface area contributed by atoms with Crippen LogP contribution in [0.1, 0.15) is 12.5 Å². The molecule has 0 aliphatic rings. The van der Waals surface area contributed by atoms with Crippen molar-refractivity contribution in [2.45, 2.75) is 13.3 Å². The summed E-state index contributed by atoms with van der Waals surface area (Å²) in [5.74, 6) is 1.57. The van der Waals surface area contributed by atoms with E-state index in [1.165, 1.54) is 5.56 Å². The molecule has 88 valence electrons. The molecule has 0 unspecified atom stereocenters. The highest BCUT2D eigenvalue weighted by molar-refractivity contribution is 9.10. The average Bonchev–Trinajstić information content (AvgIpc) is 2.28. The van der Waals surface area contributed by atoms with Gasteiger partial charge in [-0.1, -0.05) is 46.6 Å². The maximum atomic E-state index is 5.96. The monoisotopic (exact) mass is 310 g/mol. The standard InChI is InChI=1S/C14H12BrClO/c1-2-10-4-3-5-13(6-10)17-14-8-11(15)7-12(16)9-14/h3-9H,2H2,1H3. The van der Waals surface area contributed by atoms with Gasteiger partial charge in [0.1, 0.15) is 11.5 Å². The Morgan fingerprint density at radius 1 is 1.12 bits per heavy atom. The van der Waals surface area contributed by atoms with Crippen molar-refractivity contribution in [3.63, 3.8) is 0 Å². The lowest BCUT2D eigenvalue weighted by molar-refractivity contribution is 0.482. The second-order valence-electron chi connectivity index (χ2n) is 3.71. The van der Waals surface area contributed by atoms with Crippen molar-refractivity contribution in [3.05, 3.63) is 57.5 Å². The van der Waals surface area contributed by atoms with Crippen LogP contribution in [0.15, 0.2) is 46.9 Å². The highest BCUT2D eigenvalue weighted by atomic mass is 79.9. The molecule has 2 aromatic carbocycles. The molecule has 17 heavy (non-hydrogen) atoms. The molecule has 2 rings (SSSR count). The first-order valence-corrected chi connectivity index (χ1v) is 6.57. The minimum absolute atomic E-state index is 0.654. The van der Waals surface area contributed by atoms with Gasteiger partial charge in [0.25, 0.3) is 0 Å². The van der Waals surface area contributed by atoms with Crippen molar-refractivity contribution in [1.82, 2.24) is 0 Å². The van der Waals surface area contributed by atoms with Crippen LogP contribution in [0.5, 0.6) is 11.5 Å². The van der Waals surface area contributed by atoms with E-state index in [0.29, 0.717) is 5.02 Å². The Morgan fingerprint density at radius 3 is 2.65 bits per heavy atom. The lowest BCUT2D eigenvalue weighted by Crippen LogP contribution is -1.86. The molecule has 1 nitrogen and oxygen atoms in total. The van der Waals surface area contributed by atoms with Crippen LogP contribution < -0.4 is 4.74 Å². The van der Waals surface area contributed by atoms with Gasteiger partial charge in [-0.3, -0.25) is 0 Å². The second kappa shape index (κ2) is 5.56. The predicted octanol–water partition coefficient (Wildman–Crippen LogP) is 5.46. The fourth-order valence-corrected chi connectivity index (χ4v) is 2.38. The average molecular weight is 312 g/mol. The summed E-state index contributed by atoms with van der Waals surface area (Å²) in [5.41, 5.74) is 1.25. The predicted molar refractivity (Wildman–Crippen MR) is 75.0 cm³/mol. The van der Waals surface area contributed by atoms with E-state index in [0.717, 1.165) is 22.4 Å². The molecule has 0 spiro atoms. The van der Waals surface area contributed by atoms with Crippen LogP contribution in [0.3, 0.4) is 0 Å². The van der Waals surface area contributed by atoms with Crippen molar-refractivity contribution in [3.8, 4) is 11.5 Å². The molecule has 3 heteroatoms. The fraction of sp³-hybridized carbons (Fsp3) is 0.143. The number of rotatable bonds is 3. The number of benzene rings is 2. The van der Waals surface area contributed by atoms with Gasteiger partial charge in [0.05, 0.1) is 0 Å². The minimum Gasteiger partial charge on any atom is -0.457 e. The molecule has 0 saturated carbocycles. The number of ether oxygens (including phenoxy) is 1. The van der Waals surface area contributed by atoms with E-state index in [9.17, 15) is 0 Å². The molecule has 0 aliphatic heterocycles. The van der Waals surface area contributed by atoms with E-state index in [1.54, 1.807) is 6.07 Å². The van der Waals surface area contributed by atoms with Crippen molar-refractivity contribution < 1.29 is 4.74 Å². The highest BCUT2D eigenvalue weighted by Gasteiger charge is 2.01. The second-order valence-corrected chi connectivity index (χ2v) is 5.06. The summed E-state index contributed by atoms with van der Waals surface area (Å²) in [5, 5.41) is 0.654. The Bertz CT molecular complexity index is 505. The highest BCUT2D eigenvalue weighted by Crippen LogP contribution is 2.28. The van der Waals surface area contributed by atoms with Crippen LogP contribution in [0, 0.1) is 0 Å². The zero-order valence-corrected chi connectivity index (χ0v) is 11.8. The van der Waals surface area contributed by atoms with Crippen molar-refractivity contribution >= 4 is 27.5 Å². The molecule has 0 amide bonds. The zero-order chi connectivity index (χ0) is 12.3. The first-order chi connectivity index (χ1) is 8.17. The van der Waals surface area contributed by atoms with Gasteiger partial charge in [0, 0.05) is 9.50 Å². The largest absolute Gasteiger partial charge is 0.457 e. The van der Waals surface area contributed by atoms with Gasteiger partial charge < -0.3 is 4.74 Å². The van der Waals surface area contributed by atoms with Crippen LogP contribution in [-0.4, -0.2) is 0 Å². The Kier molecular flexibility index (Phi) is 4.08. The van der Waals surface area contributed by atoms with E-state index < -0.39 is 0 Å². The van der Waals surface area contributed by atoms with Crippen LogP contribution >= 0.6 is 27.5 Å². The number of hydrogen-bond donors (Lipinski definition) is 0. The van der Waals surface area contributed by atoms with Gasteiger partial charge >= 0.3 is 0 Å². The Hall–Kier alpha value is -0.990. The van der Waals surface area contributed by atoms with E-state index >= 15 is 0 Å². The van der Waals surface area contributed by atoms with Gasteiger partial charge in [0.2, 0.25) is 0 Å². The number of halogens is 2. The minimum atomic E-state index is 0.654. The molecule has 0 N–H and O–H groups in total. The van der Waals surface area contributed by atoms with Gasteiger partial charge in [-0.2, -0.15) is 0 Å². The normalized spacial score (nSPS) is 10.3. The Labute approximate surface area is 115 Å². The van der Waals surface area contributed by atoms with Gasteiger partial charge in [-0.05, 0) is 42.3 Å². The summed E-state index contributed by atoms with van der Waals surface area (Å²) >= 11 is 9.35. The van der Waals surface area contributed by atoms with Gasteiger partial charge in [-0.15, -0.1) is 0 Å². The van der Waals surface area contributed by atoms with Crippen LogP contribution in [-0.2, 0) is 6.42 Å². The summed E-state index contributed by atoms with van der Waals surface area (Å²) in [6, 6.07) is 13.6. The molecule has 0 fully saturated rings. The third-order valence-corrected chi connectivity index (χ3v) is 3.05. The van der Waals surface area contributed by atoms with E-state index in [2.05, 4.69) is 28.9 Å². The SMILES string of the molecule is CCc1cccc(Oc2cc(Cl)cc(Br)c2)c1. The fourth-order valence-electron chi connectivity index (χ4n) is 1.55. The Morgan fingerprint density at radius 2 is 1.94 bits per heavy atom. The quantitative estimate of drug-likeness (QED) is 0.731. The summed E-state index contributed by atoms with van der Waals surface area (Å²) in [4.78, 5) is 0. The van der Waals surface area contributed by atoms with Crippen LogP contribution in [0.2, 0.25) is 5.02 Å². The zero-order valence-electron chi connectivity index (χ0n) is 9.41. The topological polar surface area (TPSA) is 9.23 Å². The molecule has 0 bridgehead atoms. The first kappa shape index (κ1) is 12.5. The summed E-state index contributed by atoms with van der Waals surface area (Å²) in [7, 11) is 0. The third-order valence-electron chi connectivity index (χ3n) is 2.38. The van der Waals surface area contributed by atoms with E-state index in [1.807, 2.05) is 30.3 Å². The number of hydrogen-bond acceptors (Lipinski definition) is 1. The first-order valence-electron chi connectivity index (χ1n) is 5.40. The molecule has 0 aliphatic carbocycles.